The second-order valence-corrected chi connectivity index (χ2v) is 5.09. The van der Waals surface area contributed by atoms with Crippen molar-refractivity contribution in [2.45, 2.75) is 0 Å². The smallest absolute Gasteiger partial charge is 0.432 e. The Bertz CT molecular complexity index is 1090. The fourth-order valence-corrected chi connectivity index (χ4v) is 2.60. The van der Waals surface area contributed by atoms with Crippen molar-refractivity contribution in [3.8, 4) is 11.4 Å². The highest BCUT2D eigenvalue weighted by Crippen LogP contribution is 2.30. The normalized spacial score (nSPS) is 11.2. The van der Waals surface area contributed by atoms with E-state index in [4.69, 9.17) is 0 Å². The topological polar surface area (TPSA) is 116 Å². The van der Waals surface area contributed by atoms with Crippen LogP contribution in [0.5, 0.6) is 0 Å². The summed E-state index contributed by atoms with van der Waals surface area (Å²) in [4.78, 5) is 26.3. The van der Waals surface area contributed by atoms with Crippen LogP contribution in [0.3, 0.4) is 0 Å². The number of aromatic nitrogens is 4. The number of nitro groups is 1. The van der Waals surface area contributed by atoms with Crippen LogP contribution in [-0.2, 0) is 0 Å². The molecule has 0 aliphatic rings. The molecule has 0 spiro atoms. The van der Waals surface area contributed by atoms with Crippen LogP contribution in [0.2, 0.25) is 0 Å². The van der Waals surface area contributed by atoms with Gasteiger partial charge in [0.25, 0.3) is 5.69 Å². The molecular weight excluding hydrogens is 314 g/mol. The van der Waals surface area contributed by atoms with Crippen LogP contribution in [0.25, 0.3) is 27.9 Å². The maximum Gasteiger partial charge on any atom is 0.432 e. The van der Waals surface area contributed by atoms with Crippen molar-refractivity contribution in [2.24, 2.45) is 0 Å². The van der Waals surface area contributed by atoms with Gasteiger partial charge in [-0.3, -0.25) is 10.1 Å². The quantitative estimate of drug-likeness (QED) is 0.448. The Morgan fingerprint density at radius 2 is 2.08 bits per heavy atom. The Kier molecular flexibility index (Phi) is 2.82. The van der Waals surface area contributed by atoms with E-state index in [0.29, 0.717) is 16.7 Å². The summed E-state index contributed by atoms with van der Waals surface area (Å²) < 4.78 is 2.55. The van der Waals surface area contributed by atoms with Gasteiger partial charge in [0.2, 0.25) is 0 Å². The average molecular weight is 323 g/mol. The summed E-state index contributed by atoms with van der Waals surface area (Å²) in [5.74, 6) is 0. The predicted molar refractivity (Wildman–Crippen MR) is 84.0 cm³/mol. The molecule has 3 aromatic heterocycles. The largest absolute Gasteiger partial charge is 0.463 e. The SMILES string of the molecule is O=C(O)n1nc(-c2cn3ccccc3n2)c2cc([N+](=O)[O-])ccc21. The van der Waals surface area contributed by atoms with Crippen LogP contribution in [-0.4, -0.2) is 35.3 Å². The van der Waals surface area contributed by atoms with Gasteiger partial charge >= 0.3 is 6.09 Å². The molecule has 0 radical (unpaired) electrons. The lowest BCUT2D eigenvalue weighted by molar-refractivity contribution is -0.384. The van der Waals surface area contributed by atoms with E-state index in [-0.39, 0.29) is 16.9 Å². The number of nitro benzene ring substituents is 1. The molecular formula is C15H9N5O4. The first-order valence-electron chi connectivity index (χ1n) is 6.89. The minimum atomic E-state index is -1.27. The molecule has 0 atom stereocenters. The van der Waals surface area contributed by atoms with Gasteiger partial charge in [-0.25, -0.2) is 9.78 Å². The molecule has 4 aromatic rings. The molecule has 118 valence electrons. The highest BCUT2D eigenvalue weighted by molar-refractivity contribution is 5.98. The molecule has 24 heavy (non-hydrogen) atoms. The molecule has 0 saturated heterocycles. The monoisotopic (exact) mass is 323 g/mol. The lowest BCUT2D eigenvalue weighted by Gasteiger charge is -1.95. The third-order valence-corrected chi connectivity index (χ3v) is 3.66. The van der Waals surface area contributed by atoms with Gasteiger partial charge in [-0.15, -0.1) is 0 Å². The van der Waals surface area contributed by atoms with Gasteiger partial charge in [-0.1, -0.05) is 6.07 Å². The number of imidazole rings is 1. The first kappa shape index (κ1) is 13.9. The van der Waals surface area contributed by atoms with Crippen LogP contribution in [0.15, 0.2) is 48.8 Å². The molecule has 0 saturated carbocycles. The van der Waals surface area contributed by atoms with E-state index in [1.54, 1.807) is 22.9 Å². The minimum absolute atomic E-state index is 0.141. The average Bonchev–Trinajstić information content (AvgIpc) is 3.15. The summed E-state index contributed by atoms with van der Waals surface area (Å²) in [5.41, 5.74) is 1.50. The summed E-state index contributed by atoms with van der Waals surface area (Å²) >= 11 is 0. The van der Waals surface area contributed by atoms with Gasteiger partial charge in [0.1, 0.15) is 17.0 Å². The van der Waals surface area contributed by atoms with E-state index in [2.05, 4.69) is 10.1 Å². The van der Waals surface area contributed by atoms with Crippen molar-refractivity contribution in [1.82, 2.24) is 19.2 Å². The molecule has 0 aliphatic carbocycles. The molecule has 0 amide bonds. The lowest BCUT2D eigenvalue weighted by Crippen LogP contribution is -2.09. The van der Waals surface area contributed by atoms with Gasteiger partial charge in [-0.05, 0) is 18.2 Å². The third kappa shape index (κ3) is 1.99. The lowest BCUT2D eigenvalue weighted by atomic mass is 10.1. The summed E-state index contributed by atoms with van der Waals surface area (Å²) in [6.07, 6.45) is 2.22. The zero-order chi connectivity index (χ0) is 16.8. The molecule has 1 aromatic carbocycles. The highest BCUT2D eigenvalue weighted by atomic mass is 16.6. The molecule has 3 heterocycles. The predicted octanol–water partition coefficient (Wildman–Crippen LogP) is 2.79. The zero-order valence-corrected chi connectivity index (χ0v) is 12.0. The first-order valence-corrected chi connectivity index (χ1v) is 6.89. The standard InChI is InChI=1S/C15H9N5O4/c21-15(22)19-12-5-4-9(20(23)24)7-10(12)14(17-19)11-8-18-6-2-1-3-13(18)16-11/h1-8H,(H,21,22). The number of hydrogen-bond acceptors (Lipinski definition) is 5. The van der Waals surface area contributed by atoms with Crippen molar-refractivity contribution < 1.29 is 14.8 Å². The van der Waals surface area contributed by atoms with Crippen molar-refractivity contribution in [1.29, 1.82) is 0 Å². The Hall–Kier alpha value is -3.75. The van der Waals surface area contributed by atoms with E-state index in [1.165, 1.54) is 18.2 Å². The second kappa shape index (κ2) is 4.88. The third-order valence-electron chi connectivity index (χ3n) is 3.66. The number of rotatable bonds is 2. The Labute approximate surface area is 133 Å². The molecule has 0 aliphatic heterocycles. The number of carboxylic acid groups (broad SMARTS) is 1. The second-order valence-electron chi connectivity index (χ2n) is 5.09. The van der Waals surface area contributed by atoms with Crippen LogP contribution in [0.1, 0.15) is 0 Å². The zero-order valence-electron chi connectivity index (χ0n) is 12.0. The molecule has 0 unspecified atom stereocenters. The number of pyridine rings is 1. The maximum absolute atomic E-state index is 11.4. The van der Waals surface area contributed by atoms with Gasteiger partial charge in [0.15, 0.2) is 0 Å². The van der Waals surface area contributed by atoms with Gasteiger partial charge in [0, 0.05) is 29.9 Å². The number of nitrogens with zero attached hydrogens (tertiary/aromatic N) is 5. The van der Waals surface area contributed by atoms with Crippen molar-refractivity contribution >= 4 is 28.3 Å². The first-order chi connectivity index (χ1) is 11.5. The summed E-state index contributed by atoms with van der Waals surface area (Å²) in [5, 5.41) is 24.7. The van der Waals surface area contributed by atoms with E-state index in [0.717, 1.165) is 4.68 Å². The Morgan fingerprint density at radius 3 is 2.79 bits per heavy atom. The summed E-state index contributed by atoms with van der Waals surface area (Å²) in [7, 11) is 0. The fourth-order valence-electron chi connectivity index (χ4n) is 2.60. The van der Waals surface area contributed by atoms with Crippen molar-refractivity contribution in [3.05, 3.63) is 58.9 Å². The van der Waals surface area contributed by atoms with Crippen LogP contribution in [0, 0.1) is 10.1 Å². The molecule has 9 nitrogen and oxygen atoms in total. The number of fused-ring (bicyclic) bond motifs is 2. The maximum atomic E-state index is 11.4. The van der Waals surface area contributed by atoms with Crippen molar-refractivity contribution in [3.63, 3.8) is 0 Å². The minimum Gasteiger partial charge on any atom is -0.463 e. The number of benzene rings is 1. The van der Waals surface area contributed by atoms with Crippen LogP contribution in [0.4, 0.5) is 10.5 Å². The number of carbonyl (C=O) groups is 1. The van der Waals surface area contributed by atoms with E-state index >= 15 is 0 Å². The molecule has 4 rings (SSSR count). The van der Waals surface area contributed by atoms with Crippen LogP contribution < -0.4 is 0 Å². The van der Waals surface area contributed by atoms with E-state index < -0.39 is 11.0 Å². The van der Waals surface area contributed by atoms with E-state index in [1.807, 2.05) is 12.1 Å². The van der Waals surface area contributed by atoms with Crippen molar-refractivity contribution in [2.75, 3.05) is 0 Å². The highest BCUT2D eigenvalue weighted by Gasteiger charge is 2.20. The molecule has 0 bridgehead atoms. The fraction of sp³-hybridized carbons (Fsp3) is 0. The number of non-ortho nitro benzene ring substituents is 1. The summed E-state index contributed by atoms with van der Waals surface area (Å²) in [6.45, 7) is 0. The van der Waals surface area contributed by atoms with Crippen LogP contribution >= 0.6 is 0 Å². The number of hydrogen-bond donors (Lipinski definition) is 1. The molecule has 1 N–H and O–H groups in total. The van der Waals surface area contributed by atoms with Gasteiger partial charge < -0.3 is 9.51 Å². The van der Waals surface area contributed by atoms with Gasteiger partial charge in [0.05, 0.1) is 10.4 Å². The Balaban J connectivity index is 2.04. The van der Waals surface area contributed by atoms with Gasteiger partial charge in [-0.2, -0.15) is 9.78 Å². The molecule has 9 heteroatoms. The Morgan fingerprint density at radius 1 is 1.25 bits per heavy atom. The molecule has 0 fully saturated rings. The van der Waals surface area contributed by atoms with E-state index in [9.17, 15) is 20.0 Å². The summed E-state index contributed by atoms with van der Waals surface area (Å²) in [6, 6.07) is 9.37.